The fourth-order valence-electron chi connectivity index (χ4n) is 2.59. The molecule has 0 aromatic carbocycles. The van der Waals surface area contributed by atoms with Gasteiger partial charge in [0.05, 0.1) is 6.04 Å². The van der Waals surface area contributed by atoms with Crippen molar-refractivity contribution in [2.24, 2.45) is 29.0 Å². The third-order valence-electron chi connectivity index (χ3n) is 3.98. The van der Waals surface area contributed by atoms with Crippen LogP contribution in [0.2, 0.25) is 0 Å². The van der Waals surface area contributed by atoms with Crippen LogP contribution in [-0.2, 0) is 19.2 Å². The van der Waals surface area contributed by atoms with E-state index < -0.39 is 41.2 Å². The molecule has 0 heterocycles. The van der Waals surface area contributed by atoms with Gasteiger partial charge in [-0.15, -0.1) is 0 Å². The largest absolute Gasteiger partial charge is 0.480 e. The van der Waals surface area contributed by atoms with Crippen LogP contribution in [0.5, 0.6) is 0 Å². The second-order valence-electron chi connectivity index (χ2n) is 7.53. The van der Waals surface area contributed by atoms with E-state index in [0.717, 1.165) is 0 Å². The van der Waals surface area contributed by atoms with Crippen molar-refractivity contribution < 1.29 is 24.3 Å². The summed E-state index contributed by atoms with van der Waals surface area (Å²) < 4.78 is 0. The summed E-state index contributed by atoms with van der Waals surface area (Å²) in [6, 6.07) is -2.21. The van der Waals surface area contributed by atoms with Gasteiger partial charge < -0.3 is 27.6 Å². The zero-order chi connectivity index (χ0) is 20.7. The van der Waals surface area contributed by atoms with Gasteiger partial charge in [-0.2, -0.15) is 0 Å². The van der Waals surface area contributed by atoms with Crippen LogP contribution in [0.1, 0.15) is 53.4 Å². The van der Waals surface area contributed by atoms with Crippen molar-refractivity contribution in [1.29, 1.82) is 0 Å². The maximum atomic E-state index is 12.7. The Bertz CT molecular complexity index is 535. The lowest BCUT2D eigenvalue weighted by Crippen LogP contribution is -2.65. The summed E-state index contributed by atoms with van der Waals surface area (Å²) in [5.41, 5.74) is 14.9. The first-order chi connectivity index (χ1) is 11.8. The molecule has 0 rings (SSSR count). The number of carbonyl (C=O) groups is 4. The Balaban J connectivity index is 5.55. The highest BCUT2D eigenvalue weighted by molar-refractivity contribution is 6.13. The number of nitrogens with one attached hydrogen (secondary N) is 1. The molecular weight excluding hydrogens is 340 g/mol. The van der Waals surface area contributed by atoms with Gasteiger partial charge in [0.15, 0.2) is 11.3 Å². The van der Waals surface area contributed by atoms with E-state index >= 15 is 0 Å². The molecule has 0 saturated heterocycles. The molecule has 0 aromatic heterocycles. The number of nitrogens with two attached hydrogens (primary N) is 3. The highest BCUT2D eigenvalue weighted by Gasteiger charge is 2.45. The number of carbonyl (C=O) groups excluding carboxylic acids is 3. The van der Waals surface area contributed by atoms with E-state index in [1.165, 1.54) is 0 Å². The summed E-state index contributed by atoms with van der Waals surface area (Å²) >= 11 is 0. The van der Waals surface area contributed by atoms with Crippen LogP contribution in [0.4, 0.5) is 0 Å². The van der Waals surface area contributed by atoms with Crippen LogP contribution in [0.15, 0.2) is 0 Å². The molecule has 0 unspecified atom stereocenters. The summed E-state index contributed by atoms with van der Waals surface area (Å²) in [4.78, 5) is 47.9. The fourth-order valence-corrected chi connectivity index (χ4v) is 2.59. The van der Waals surface area contributed by atoms with Crippen molar-refractivity contribution in [2.75, 3.05) is 0 Å². The molecule has 0 fully saturated rings. The second kappa shape index (κ2) is 10.2. The van der Waals surface area contributed by atoms with E-state index in [2.05, 4.69) is 5.32 Å². The Morgan fingerprint density at radius 2 is 1.54 bits per heavy atom. The lowest BCUT2D eigenvalue weighted by atomic mass is 9.82. The number of carboxylic acids is 1. The maximum Gasteiger partial charge on any atom is 0.326 e. The summed E-state index contributed by atoms with van der Waals surface area (Å²) in [5.74, 6) is -3.58. The number of ketones is 1. The maximum absolute atomic E-state index is 12.7. The number of aliphatic carboxylic acids is 1. The lowest BCUT2D eigenvalue weighted by molar-refractivity contribution is -0.145. The van der Waals surface area contributed by atoms with Gasteiger partial charge >= 0.3 is 5.97 Å². The van der Waals surface area contributed by atoms with E-state index in [9.17, 15) is 24.3 Å². The van der Waals surface area contributed by atoms with Gasteiger partial charge in [-0.3, -0.25) is 14.4 Å². The van der Waals surface area contributed by atoms with E-state index in [4.69, 9.17) is 17.2 Å². The average Bonchev–Trinajstić information content (AvgIpc) is 2.49. The third kappa shape index (κ3) is 7.49. The van der Waals surface area contributed by atoms with Crippen molar-refractivity contribution in [3.63, 3.8) is 0 Å². The Morgan fingerprint density at radius 3 is 1.92 bits per heavy atom. The lowest BCUT2D eigenvalue weighted by Gasteiger charge is -2.31. The molecule has 0 aromatic rings. The Hall–Kier alpha value is -2.00. The smallest absolute Gasteiger partial charge is 0.326 e. The minimum atomic E-state index is -2.12. The SMILES string of the molecule is CC(C)C[C@H](NC(=O)[C@@](N)(CCC(N)=O)C(=O)[C@@H](N)CC(C)C)C(=O)O. The first kappa shape index (κ1) is 24.0. The van der Waals surface area contributed by atoms with Gasteiger partial charge in [0.2, 0.25) is 11.8 Å². The van der Waals surface area contributed by atoms with E-state index in [0.29, 0.717) is 6.42 Å². The van der Waals surface area contributed by atoms with E-state index in [-0.39, 0.29) is 31.1 Å². The Labute approximate surface area is 154 Å². The monoisotopic (exact) mass is 372 g/mol. The topological polar surface area (TPSA) is 179 Å². The molecule has 8 N–H and O–H groups in total. The minimum Gasteiger partial charge on any atom is -0.480 e. The van der Waals surface area contributed by atoms with Crippen molar-refractivity contribution in [2.45, 2.75) is 71.0 Å². The predicted molar refractivity (Wildman–Crippen MR) is 96.8 cm³/mol. The van der Waals surface area contributed by atoms with Crippen LogP contribution < -0.4 is 22.5 Å². The first-order valence-corrected chi connectivity index (χ1v) is 8.72. The Kier molecular flexibility index (Phi) is 9.44. The molecule has 0 radical (unpaired) electrons. The molecule has 0 aliphatic rings. The molecule has 26 heavy (non-hydrogen) atoms. The van der Waals surface area contributed by atoms with Crippen LogP contribution in [-0.4, -0.2) is 46.3 Å². The van der Waals surface area contributed by atoms with Crippen molar-refractivity contribution in [1.82, 2.24) is 5.32 Å². The number of carboxylic acid groups (broad SMARTS) is 1. The van der Waals surface area contributed by atoms with Gasteiger partial charge in [0, 0.05) is 6.42 Å². The zero-order valence-corrected chi connectivity index (χ0v) is 16.0. The molecule has 0 aliphatic heterocycles. The number of rotatable bonds is 12. The van der Waals surface area contributed by atoms with Crippen LogP contribution in [0.3, 0.4) is 0 Å². The molecule has 9 nitrogen and oxygen atoms in total. The van der Waals surface area contributed by atoms with Crippen molar-refractivity contribution >= 4 is 23.6 Å². The quantitative estimate of drug-likeness (QED) is 0.287. The second-order valence-corrected chi connectivity index (χ2v) is 7.53. The molecule has 2 amide bonds. The number of hydrogen-bond acceptors (Lipinski definition) is 6. The van der Waals surface area contributed by atoms with Crippen LogP contribution in [0.25, 0.3) is 0 Å². The normalized spacial score (nSPS) is 16.0. The van der Waals surface area contributed by atoms with Crippen LogP contribution >= 0.6 is 0 Å². The molecule has 0 bridgehead atoms. The van der Waals surface area contributed by atoms with Gasteiger partial charge in [-0.05, 0) is 31.1 Å². The van der Waals surface area contributed by atoms with Crippen molar-refractivity contribution in [3.05, 3.63) is 0 Å². The van der Waals surface area contributed by atoms with Gasteiger partial charge in [-0.25, -0.2) is 4.79 Å². The predicted octanol–water partition coefficient (Wildman–Crippen LogP) is -0.493. The summed E-state index contributed by atoms with van der Waals surface area (Å²) in [7, 11) is 0. The van der Waals surface area contributed by atoms with Gasteiger partial charge in [0.1, 0.15) is 6.04 Å². The van der Waals surface area contributed by atoms with Crippen molar-refractivity contribution in [3.8, 4) is 0 Å². The molecule has 150 valence electrons. The highest BCUT2D eigenvalue weighted by Crippen LogP contribution is 2.18. The molecule has 3 atom stereocenters. The molecule has 0 aliphatic carbocycles. The average molecular weight is 372 g/mol. The summed E-state index contributed by atoms with van der Waals surface area (Å²) in [5, 5.41) is 11.6. The molecule has 0 saturated carbocycles. The number of Topliss-reactive ketones (excluding diaryl/α,β-unsaturated/α-hetero) is 1. The first-order valence-electron chi connectivity index (χ1n) is 8.72. The number of amides is 2. The van der Waals surface area contributed by atoms with Gasteiger partial charge in [-0.1, -0.05) is 27.7 Å². The molecule has 9 heteroatoms. The fraction of sp³-hybridized carbons (Fsp3) is 0.765. The minimum absolute atomic E-state index is 0.00639. The Morgan fingerprint density at radius 1 is 1.04 bits per heavy atom. The zero-order valence-electron chi connectivity index (χ0n) is 16.0. The standard InChI is InChI=1S/C17H32N4O5/c1-9(2)7-11(18)14(23)17(20,6-5-13(19)22)16(26)21-12(15(24)25)8-10(3)4/h9-12H,5-8,18,20H2,1-4H3,(H2,19,22)(H,21,26)(H,24,25)/t11-,12-,17+/m0/s1. The van der Waals surface area contributed by atoms with E-state index in [1.807, 2.05) is 13.8 Å². The summed E-state index contributed by atoms with van der Waals surface area (Å²) in [6.45, 7) is 7.32. The third-order valence-corrected chi connectivity index (χ3v) is 3.98. The number of primary amides is 1. The summed E-state index contributed by atoms with van der Waals surface area (Å²) in [6.07, 6.45) is -0.173. The highest BCUT2D eigenvalue weighted by atomic mass is 16.4. The number of hydrogen-bond donors (Lipinski definition) is 5. The molecule has 0 spiro atoms. The van der Waals surface area contributed by atoms with Crippen LogP contribution in [0, 0.1) is 11.8 Å². The van der Waals surface area contributed by atoms with Gasteiger partial charge in [0.25, 0.3) is 0 Å². The molecular formula is C17H32N4O5. The van der Waals surface area contributed by atoms with E-state index in [1.54, 1.807) is 13.8 Å².